The van der Waals surface area contributed by atoms with Gasteiger partial charge in [-0.1, -0.05) is 0 Å². The summed E-state index contributed by atoms with van der Waals surface area (Å²) in [6.45, 7) is 1.64. The normalized spacial score (nSPS) is 14.4. The maximum Gasteiger partial charge on any atom is 0.275 e. The molecule has 110 valence electrons. The molecule has 0 radical (unpaired) electrons. The summed E-state index contributed by atoms with van der Waals surface area (Å²) < 4.78 is 23.4. The largest absolute Gasteiger partial charge is 0.484 e. The molecule has 21 heavy (non-hydrogen) atoms. The third-order valence-electron chi connectivity index (χ3n) is 3.34. The number of hydrogen-bond donors (Lipinski definition) is 0. The number of hydrogen-bond acceptors (Lipinski definition) is 4. The van der Waals surface area contributed by atoms with Gasteiger partial charge in [-0.05, 0) is 37.1 Å². The number of rotatable bonds is 4. The summed E-state index contributed by atoms with van der Waals surface area (Å²) in [5, 5.41) is 0. The Hall–Kier alpha value is -2.37. The molecule has 0 N–H and O–H groups in total. The minimum atomic E-state index is -0.322. The zero-order valence-electron chi connectivity index (χ0n) is 11.4. The molecule has 1 saturated heterocycles. The molecule has 1 aliphatic rings. The zero-order chi connectivity index (χ0) is 14.7. The summed E-state index contributed by atoms with van der Waals surface area (Å²) in [6, 6.07) is 5.67. The van der Waals surface area contributed by atoms with Gasteiger partial charge in [-0.3, -0.25) is 4.79 Å². The van der Waals surface area contributed by atoms with Gasteiger partial charge in [0.15, 0.2) is 12.3 Å². The van der Waals surface area contributed by atoms with Crippen LogP contribution in [0.25, 0.3) is 0 Å². The van der Waals surface area contributed by atoms with Crippen LogP contribution in [0.5, 0.6) is 5.75 Å². The summed E-state index contributed by atoms with van der Waals surface area (Å²) in [7, 11) is 0. The maximum absolute atomic E-state index is 12.8. The number of ether oxygens (including phenoxy) is 1. The molecule has 0 spiro atoms. The Morgan fingerprint density at radius 3 is 2.71 bits per heavy atom. The van der Waals surface area contributed by atoms with Gasteiger partial charge in [0.05, 0.1) is 0 Å². The number of benzene rings is 1. The Morgan fingerprint density at radius 2 is 2.00 bits per heavy atom. The Morgan fingerprint density at radius 1 is 1.29 bits per heavy atom. The molecule has 1 amide bonds. The summed E-state index contributed by atoms with van der Waals surface area (Å²) >= 11 is 0. The molecule has 0 aliphatic carbocycles. The van der Waals surface area contributed by atoms with Crippen molar-refractivity contribution in [1.82, 2.24) is 9.88 Å². The van der Waals surface area contributed by atoms with E-state index in [9.17, 15) is 9.18 Å². The average Bonchev–Trinajstić information content (AvgIpc) is 3.18. The number of carbonyl (C=O) groups excluding carboxylic acids is 1. The molecular formula is C15H15FN2O3. The molecule has 2 aromatic rings. The van der Waals surface area contributed by atoms with E-state index in [0.29, 0.717) is 17.3 Å². The predicted molar refractivity (Wildman–Crippen MR) is 72.4 cm³/mol. The van der Waals surface area contributed by atoms with Crippen LogP contribution < -0.4 is 4.74 Å². The van der Waals surface area contributed by atoms with Crippen LogP contribution in [0.3, 0.4) is 0 Å². The molecular weight excluding hydrogens is 275 g/mol. The molecule has 1 aliphatic heterocycles. The quantitative estimate of drug-likeness (QED) is 0.868. The van der Waals surface area contributed by atoms with Gasteiger partial charge in [0, 0.05) is 13.1 Å². The molecule has 0 bridgehead atoms. The van der Waals surface area contributed by atoms with Crippen LogP contribution in [0, 0.1) is 5.82 Å². The van der Waals surface area contributed by atoms with Gasteiger partial charge in [-0.25, -0.2) is 9.37 Å². The van der Waals surface area contributed by atoms with Crippen molar-refractivity contribution in [1.29, 1.82) is 0 Å². The first kappa shape index (κ1) is 13.6. The molecule has 3 rings (SSSR count). The van der Waals surface area contributed by atoms with Gasteiger partial charge in [-0.15, -0.1) is 0 Å². The van der Waals surface area contributed by atoms with Gasteiger partial charge in [0.25, 0.3) is 5.91 Å². The van der Waals surface area contributed by atoms with E-state index in [1.807, 2.05) is 0 Å². The highest BCUT2D eigenvalue weighted by molar-refractivity contribution is 5.92. The Balaban J connectivity index is 1.59. The standard InChI is InChI=1S/C15H15FN2O3/c16-11-3-5-12(6-4-11)20-10-14-17-13(9-21-14)15(19)18-7-1-2-8-18/h3-6,9H,1-2,7-8,10H2. The molecule has 5 nitrogen and oxygen atoms in total. The lowest BCUT2D eigenvalue weighted by atomic mass is 10.3. The fourth-order valence-corrected chi connectivity index (χ4v) is 2.23. The van der Waals surface area contributed by atoms with Crippen molar-refractivity contribution >= 4 is 5.91 Å². The van der Waals surface area contributed by atoms with Crippen LogP contribution in [0.2, 0.25) is 0 Å². The molecule has 1 aromatic heterocycles. The topological polar surface area (TPSA) is 55.6 Å². The highest BCUT2D eigenvalue weighted by Gasteiger charge is 2.22. The Bertz CT molecular complexity index is 618. The smallest absolute Gasteiger partial charge is 0.275 e. The second-order valence-corrected chi connectivity index (χ2v) is 4.87. The summed E-state index contributed by atoms with van der Waals surface area (Å²) in [6.07, 6.45) is 3.41. The number of aromatic nitrogens is 1. The van der Waals surface area contributed by atoms with Crippen molar-refractivity contribution in [2.45, 2.75) is 19.4 Å². The van der Waals surface area contributed by atoms with E-state index in [1.165, 1.54) is 30.5 Å². The van der Waals surface area contributed by atoms with Gasteiger partial charge in [-0.2, -0.15) is 0 Å². The van der Waals surface area contributed by atoms with E-state index in [4.69, 9.17) is 9.15 Å². The molecule has 0 atom stereocenters. The first-order valence-electron chi connectivity index (χ1n) is 6.84. The number of amides is 1. The molecule has 0 unspecified atom stereocenters. The van der Waals surface area contributed by atoms with Gasteiger partial charge in [0.1, 0.15) is 17.8 Å². The van der Waals surface area contributed by atoms with Crippen molar-refractivity contribution in [3.8, 4) is 5.75 Å². The van der Waals surface area contributed by atoms with Crippen LogP contribution in [-0.4, -0.2) is 28.9 Å². The van der Waals surface area contributed by atoms with Gasteiger partial charge >= 0.3 is 0 Å². The van der Waals surface area contributed by atoms with Crippen molar-refractivity contribution in [2.24, 2.45) is 0 Å². The third kappa shape index (κ3) is 3.21. The van der Waals surface area contributed by atoms with Crippen LogP contribution in [0.1, 0.15) is 29.2 Å². The lowest BCUT2D eigenvalue weighted by molar-refractivity contribution is 0.0787. The monoisotopic (exact) mass is 290 g/mol. The molecule has 1 aromatic carbocycles. The number of carbonyl (C=O) groups is 1. The SMILES string of the molecule is O=C(c1coc(COc2ccc(F)cc2)n1)N1CCCC1. The van der Waals surface area contributed by atoms with Crippen molar-refractivity contribution < 1.29 is 18.3 Å². The minimum absolute atomic E-state index is 0.0961. The fraction of sp³-hybridized carbons (Fsp3) is 0.333. The first-order valence-corrected chi connectivity index (χ1v) is 6.84. The van der Waals surface area contributed by atoms with Crippen LogP contribution in [0.4, 0.5) is 4.39 Å². The highest BCUT2D eigenvalue weighted by atomic mass is 19.1. The van der Waals surface area contributed by atoms with E-state index >= 15 is 0 Å². The third-order valence-corrected chi connectivity index (χ3v) is 3.34. The second-order valence-electron chi connectivity index (χ2n) is 4.87. The van der Waals surface area contributed by atoms with E-state index < -0.39 is 0 Å². The molecule has 0 saturated carbocycles. The first-order chi connectivity index (χ1) is 10.2. The predicted octanol–water partition coefficient (Wildman–Crippen LogP) is 2.63. The Labute approximate surface area is 121 Å². The number of nitrogens with zero attached hydrogens (tertiary/aromatic N) is 2. The van der Waals surface area contributed by atoms with Gasteiger partial charge < -0.3 is 14.1 Å². The molecule has 2 heterocycles. The van der Waals surface area contributed by atoms with Crippen molar-refractivity contribution in [3.05, 3.63) is 47.9 Å². The van der Waals surface area contributed by atoms with Crippen molar-refractivity contribution in [3.63, 3.8) is 0 Å². The zero-order valence-corrected chi connectivity index (χ0v) is 11.4. The second kappa shape index (κ2) is 5.95. The fourth-order valence-electron chi connectivity index (χ4n) is 2.23. The summed E-state index contributed by atoms with van der Waals surface area (Å²) in [5.74, 6) is 0.408. The molecule has 1 fully saturated rings. The van der Waals surface area contributed by atoms with Gasteiger partial charge in [0.2, 0.25) is 5.89 Å². The van der Waals surface area contributed by atoms with E-state index in [1.54, 1.807) is 4.90 Å². The summed E-state index contributed by atoms with van der Waals surface area (Å²) in [4.78, 5) is 18.0. The summed E-state index contributed by atoms with van der Waals surface area (Å²) in [5.41, 5.74) is 0.301. The number of oxazole rings is 1. The number of halogens is 1. The Kier molecular flexibility index (Phi) is 3.85. The lowest BCUT2D eigenvalue weighted by Gasteiger charge is -2.12. The van der Waals surface area contributed by atoms with Crippen LogP contribution >= 0.6 is 0 Å². The van der Waals surface area contributed by atoms with Crippen LogP contribution in [0.15, 0.2) is 34.9 Å². The average molecular weight is 290 g/mol. The molecule has 6 heteroatoms. The number of likely N-dealkylation sites (tertiary alicyclic amines) is 1. The highest BCUT2D eigenvalue weighted by Crippen LogP contribution is 2.15. The maximum atomic E-state index is 12.8. The van der Waals surface area contributed by atoms with E-state index in [2.05, 4.69) is 4.98 Å². The van der Waals surface area contributed by atoms with E-state index in [-0.39, 0.29) is 18.3 Å². The minimum Gasteiger partial charge on any atom is -0.484 e. The van der Waals surface area contributed by atoms with Crippen LogP contribution in [-0.2, 0) is 6.61 Å². The van der Waals surface area contributed by atoms with E-state index in [0.717, 1.165) is 25.9 Å². The lowest BCUT2D eigenvalue weighted by Crippen LogP contribution is -2.27. The van der Waals surface area contributed by atoms with Crippen molar-refractivity contribution in [2.75, 3.05) is 13.1 Å².